The van der Waals surface area contributed by atoms with Gasteiger partial charge < -0.3 is 5.32 Å². The second-order valence-corrected chi connectivity index (χ2v) is 6.45. The van der Waals surface area contributed by atoms with E-state index in [1.54, 1.807) is 18.2 Å². The Morgan fingerprint density at radius 2 is 1.67 bits per heavy atom. The van der Waals surface area contributed by atoms with E-state index in [9.17, 15) is 10.1 Å². The zero-order chi connectivity index (χ0) is 18.8. The van der Waals surface area contributed by atoms with E-state index in [0.29, 0.717) is 10.8 Å². The third-order valence-electron chi connectivity index (χ3n) is 4.21. The number of pyridine rings is 1. The van der Waals surface area contributed by atoms with Crippen LogP contribution in [0.15, 0.2) is 78.9 Å². The van der Waals surface area contributed by atoms with Crippen LogP contribution in [0.2, 0.25) is 5.02 Å². The standard InChI is InChI=1S/C21H14ClN3O2/c22-15-6-11-20-19(12-15)18(14-4-2-1-3-5-14)13-21(24-20)23-16-7-9-17(10-8-16)25(26)27/h1-13H,(H,23,24). The number of benzene rings is 3. The van der Waals surface area contributed by atoms with Gasteiger partial charge in [0.2, 0.25) is 0 Å². The maximum absolute atomic E-state index is 10.8. The maximum Gasteiger partial charge on any atom is 0.269 e. The van der Waals surface area contributed by atoms with E-state index in [2.05, 4.69) is 10.3 Å². The third kappa shape index (κ3) is 3.59. The molecule has 1 heterocycles. The molecule has 0 unspecified atom stereocenters. The van der Waals surface area contributed by atoms with E-state index >= 15 is 0 Å². The van der Waals surface area contributed by atoms with Crippen LogP contribution in [0.3, 0.4) is 0 Å². The zero-order valence-corrected chi connectivity index (χ0v) is 14.9. The van der Waals surface area contributed by atoms with Crippen LogP contribution in [-0.2, 0) is 0 Å². The van der Waals surface area contributed by atoms with Crippen molar-refractivity contribution in [1.29, 1.82) is 0 Å². The number of hydrogen-bond acceptors (Lipinski definition) is 4. The number of rotatable bonds is 4. The molecule has 0 saturated heterocycles. The molecule has 0 bridgehead atoms. The fourth-order valence-electron chi connectivity index (χ4n) is 2.93. The van der Waals surface area contributed by atoms with Gasteiger partial charge in [-0.15, -0.1) is 0 Å². The zero-order valence-electron chi connectivity index (χ0n) is 14.1. The van der Waals surface area contributed by atoms with Gasteiger partial charge in [0.25, 0.3) is 5.69 Å². The van der Waals surface area contributed by atoms with E-state index in [4.69, 9.17) is 11.6 Å². The normalized spacial score (nSPS) is 10.7. The van der Waals surface area contributed by atoms with Crippen molar-refractivity contribution in [1.82, 2.24) is 4.98 Å². The molecule has 0 radical (unpaired) electrons. The van der Waals surface area contributed by atoms with Gasteiger partial charge in [0.15, 0.2) is 0 Å². The molecular weight excluding hydrogens is 362 g/mol. The Balaban J connectivity index is 1.79. The smallest absolute Gasteiger partial charge is 0.269 e. The molecular formula is C21H14ClN3O2. The number of non-ortho nitro benzene ring substituents is 1. The number of aromatic nitrogens is 1. The number of hydrogen-bond donors (Lipinski definition) is 1. The summed E-state index contributed by atoms with van der Waals surface area (Å²) >= 11 is 6.19. The van der Waals surface area contributed by atoms with Crippen molar-refractivity contribution in [3.63, 3.8) is 0 Å². The summed E-state index contributed by atoms with van der Waals surface area (Å²) in [5.41, 5.74) is 3.64. The first-order valence-electron chi connectivity index (χ1n) is 8.27. The van der Waals surface area contributed by atoms with Gasteiger partial charge in [-0.1, -0.05) is 41.9 Å². The van der Waals surface area contributed by atoms with Gasteiger partial charge in [0.1, 0.15) is 5.82 Å². The third-order valence-corrected chi connectivity index (χ3v) is 4.44. The lowest BCUT2D eigenvalue weighted by molar-refractivity contribution is -0.384. The summed E-state index contributed by atoms with van der Waals surface area (Å²) in [5.74, 6) is 0.650. The Morgan fingerprint density at radius 1 is 0.926 bits per heavy atom. The van der Waals surface area contributed by atoms with Crippen LogP contribution in [-0.4, -0.2) is 9.91 Å². The number of anilines is 2. The molecule has 0 saturated carbocycles. The molecule has 0 amide bonds. The molecule has 0 fully saturated rings. The van der Waals surface area contributed by atoms with Crippen LogP contribution >= 0.6 is 11.6 Å². The highest BCUT2D eigenvalue weighted by molar-refractivity contribution is 6.31. The molecule has 1 aromatic heterocycles. The van der Waals surface area contributed by atoms with Crippen molar-refractivity contribution in [2.45, 2.75) is 0 Å². The summed E-state index contributed by atoms with van der Waals surface area (Å²) in [6.45, 7) is 0. The van der Waals surface area contributed by atoms with Crippen LogP contribution in [0.25, 0.3) is 22.0 Å². The van der Waals surface area contributed by atoms with Crippen molar-refractivity contribution in [3.05, 3.63) is 94.0 Å². The highest BCUT2D eigenvalue weighted by Gasteiger charge is 2.10. The highest BCUT2D eigenvalue weighted by atomic mass is 35.5. The van der Waals surface area contributed by atoms with Crippen LogP contribution in [0.5, 0.6) is 0 Å². The molecule has 4 aromatic rings. The summed E-state index contributed by atoms with van der Waals surface area (Å²) in [6.07, 6.45) is 0. The molecule has 0 aliphatic carbocycles. The first-order chi connectivity index (χ1) is 13.1. The van der Waals surface area contributed by atoms with Gasteiger partial charge in [-0.2, -0.15) is 0 Å². The SMILES string of the molecule is O=[N+]([O-])c1ccc(Nc2cc(-c3ccccc3)c3cc(Cl)ccc3n2)cc1. The second kappa shape index (κ2) is 7.05. The van der Waals surface area contributed by atoms with Crippen LogP contribution < -0.4 is 5.32 Å². The van der Waals surface area contributed by atoms with Gasteiger partial charge in [-0.25, -0.2) is 4.98 Å². The average Bonchev–Trinajstić information content (AvgIpc) is 2.69. The minimum absolute atomic E-state index is 0.0478. The molecule has 6 heteroatoms. The first kappa shape index (κ1) is 17.0. The molecule has 27 heavy (non-hydrogen) atoms. The molecule has 3 aromatic carbocycles. The predicted molar refractivity (Wildman–Crippen MR) is 109 cm³/mol. The Bertz CT molecular complexity index is 1130. The summed E-state index contributed by atoms with van der Waals surface area (Å²) in [5, 5.41) is 15.6. The molecule has 0 spiro atoms. The summed E-state index contributed by atoms with van der Waals surface area (Å²) in [7, 11) is 0. The highest BCUT2D eigenvalue weighted by Crippen LogP contribution is 2.32. The lowest BCUT2D eigenvalue weighted by Gasteiger charge is -2.12. The Kier molecular flexibility index (Phi) is 4.44. The van der Waals surface area contributed by atoms with E-state index in [1.807, 2.05) is 48.5 Å². The number of halogens is 1. The molecule has 0 aliphatic rings. The summed E-state index contributed by atoms with van der Waals surface area (Å²) in [4.78, 5) is 15.0. The van der Waals surface area contributed by atoms with Crippen LogP contribution in [0, 0.1) is 10.1 Å². The molecule has 132 valence electrons. The van der Waals surface area contributed by atoms with Crippen molar-refractivity contribution >= 4 is 39.7 Å². The maximum atomic E-state index is 10.8. The number of nitrogens with zero attached hydrogens (tertiary/aromatic N) is 2. The molecule has 4 rings (SSSR count). The second-order valence-electron chi connectivity index (χ2n) is 6.01. The van der Waals surface area contributed by atoms with Gasteiger partial charge in [-0.3, -0.25) is 10.1 Å². The molecule has 0 aliphatic heterocycles. The fraction of sp³-hybridized carbons (Fsp3) is 0. The van der Waals surface area contributed by atoms with Crippen LogP contribution in [0.1, 0.15) is 0 Å². The fourth-order valence-corrected chi connectivity index (χ4v) is 3.11. The van der Waals surface area contributed by atoms with Crippen molar-refractivity contribution in [2.24, 2.45) is 0 Å². The summed E-state index contributed by atoms with van der Waals surface area (Å²) in [6, 6.07) is 23.8. The van der Waals surface area contributed by atoms with Crippen molar-refractivity contribution in [2.75, 3.05) is 5.32 Å². The topological polar surface area (TPSA) is 68.1 Å². The van der Waals surface area contributed by atoms with Crippen LogP contribution in [0.4, 0.5) is 17.2 Å². The number of nitro groups is 1. The predicted octanol–water partition coefficient (Wildman–Crippen LogP) is 6.21. The van der Waals surface area contributed by atoms with E-state index in [1.165, 1.54) is 12.1 Å². The lowest BCUT2D eigenvalue weighted by atomic mass is 10.0. The summed E-state index contributed by atoms with van der Waals surface area (Å²) < 4.78 is 0. The molecule has 0 atom stereocenters. The quantitative estimate of drug-likeness (QED) is 0.340. The van der Waals surface area contributed by atoms with Crippen molar-refractivity contribution in [3.8, 4) is 11.1 Å². The van der Waals surface area contributed by atoms with Gasteiger partial charge in [0.05, 0.1) is 10.4 Å². The van der Waals surface area contributed by atoms with E-state index in [-0.39, 0.29) is 5.69 Å². The minimum Gasteiger partial charge on any atom is -0.340 e. The average molecular weight is 376 g/mol. The van der Waals surface area contributed by atoms with Gasteiger partial charge in [0, 0.05) is 28.2 Å². The van der Waals surface area contributed by atoms with E-state index < -0.39 is 4.92 Å². The molecule has 1 N–H and O–H groups in total. The Morgan fingerprint density at radius 3 is 2.37 bits per heavy atom. The lowest BCUT2D eigenvalue weighted by Crippen LogP contribution is -1.96. The van der Waals surface area contributed by atoms with Gasteiger partial charge >= 0.3 is 0 Å². The largest absolute Gasteiger partial charge is 0.340 e. The monoisotopic (exact) mass is 375 g/mol. The van der Waals surface area contributed by atoms with Gasteiger partial charge in [-0.05, 0) is 47.5 Å². The van der Waals surface area contributed by atoms with E-state index in [0.717, 1.165) is 27.7 Å². The van der Waals surface area contributed by atoms with Crippen molar-refractivity contribution < 1.29 is 4.92 Å². The first-order valence-corrected chi connectivity index (χ1v) is 8.65. The number of nitrogens with one attached hydrogen (secondary N) is 1. The minimum atomic E-state index is -0.421. The number of fused-ring (bicyclic) bond motifs is 1. The molecule has 5 nitrogen and oxygen atoms in total. The Labute approximate surface area is 160 Å². The number of nitro benzene ring substituents is 1. The Hall–Kier alpha value is -3.44.